The lowest BCUT2D eigenvalue weighted by Crippen LogP contribution is -2.32. The van der Waals surface area contributed by atoms with Gasteiger partial charge in [0.15, 0.2) is 6.61 Å². The predicted octanol–water partition coefficient (Wildman–Crippen LogP) is 0.590. The summed E-state index contributed by atoms with van der Waals surface area (Å²) in [7, 11) is 2.09. The minimum Gasteiger partial charge on any atom is -0.484 e. The molecule has 1 heterocycles. The minimum absolute atomic E-state index is 0.00572. The van der Waals surface area contributed by atoms with Crippen molar-refractivity contribution in [1.29, 1.82) is 0 Å². The van der Waals surface area contributed by atoms with Gasteiger partial charge in [-0.25, -0.2) is 0 Å². The Labute approximate surface area is 148 Å². The summed E-state index contributed by atoms with van der Waals surface area (Å²) < 4.78 is 15.9. The first-order valence-corrected chi connectivity index (χ1v) is 8.70. The maximum atomic E-state index is 11.8. The molecular formula is C18H28N2O5. The molecule has 1 aromatic rings. The lowest BCUT2D eigenvalue weighted by atomic mass is 10.0. The number of carbonyl (C=O) groups excluding carboxylic acids is 1. The van der Waals surface area contributed by atoms with E-state index < -0.39 is 0 Å². The highest BCUT2D eigenvalue weighted by molar-refractivity contribution is 5.77. The van der Waals surface area contributed by atoms with E-state index in [2.05, 4.69) is 23.3 Å². The van der Waals surface area contributed by atoms with Gasteiger partial charge in [-0.1, -0.05) is 0 Å². The number of benzene rings is 1. The number of hydrogen-bond donors (Lipinski definition) is 2. The van der Waals surface area contributed by atoms with E-state index in [0.29, 0.717) is 33.0 Å². The topological polar surface area (TPSA) is 80.3 Å². The Bertz CT molecular complexity index is 538. The number of amides is 1. The number of carbonyl (C=O) groups is 1. The van der Waals surface area contributed by atoms with Gasteiger partial charge in [0.05, 0.1) is 33.0 Å². The molecule has 0 aromatic heterocycles. The van der Waals surface area contributed by atoms with Crippen LogP contribution in [0.5, 0.6) is 5.75 Å². The molecule has 25 heavy (non-hydrogen) atoms. The Kier molecular flexibility index (Phi) is 8.51. The molecule has 140 valence electrons. The van der Waals surface area contributed by atoms with Gasteiger partial charge >= 0.3 is 0 Å². The number of hydrogen-bond acceptors (Lipinski definition) is 6. The van der Waals surface area contributed by atoms with Gasteiger partial charge in [0, 0.05) is 25.8 Å². The van der Waals surface area contributed by atoms with Crippen LogP contribution in [0.3, 0.4) is 0 Å². The van der Waals surface area contributed by atoms with Gasteiger partial charge in [0.25, 0.3) is 5.91 Å². The highest BCUT2D eigenvalue weighted by Gasteiger charge is 2.14. The highest BCUT2D eigenvalue weighted by atomic mass is 16.5. The number of rotatable bonds is 11. The second kappa shape index (κ2) is 10.9. The molecule has 0 unspecified atom stereocenters. The summed E-state index contributed by atoms with van der Waals surface area (Å²) in [5, 5.41) is 11.3. The van der Waals surface area contributed by atoms with Gasteiger partial charge in [-0.3, -0.25) is 4.79 Å². The molecule has 0 aliphatic carbocycles. The van der Waals surface area contributed by atoms with Crippen molar-refractivity contribution in [2.45, 2.75) is 12.8 Å². The Morgan fingerprint density at radius 3 is 2.84 bits per heavy atom. The van der Waals surface area contributed by atoms with Crippen LogP contribution in [0.2, 0.25) is 0 Å². The molecule has 1 aliphatic rings. The van der Waals surface area contributed by atoms with E-state index in [-0.39, 0.29) is 19.1 Å². The van der Waals surface area contributed by atoms with Crippen LogP contribution in [-0.2, 0) is 20.7 Å². The normalized spacial score (nSPS) is 13.4. The molecule has 0 fully saturated rings. The first-order valence-electron chi connectivity index (χ1n) is 8.70. The molecule has 2 rings (SSSR count). The molecule has 0 saturated heterocycles. The fraction of sp³-hybridized carbons (Fsp3) is 0.611. The fourth-order valence-corrected chi connectivity index (χ4v) is 2.70. The van der Waals surface area contributed by atoms with Crippen LogP contribution in [0.15, 0.2) is 18.2 Å². The second-order valence-electron chi connectivity index (χ2n) is 5.90. The second-order valence-corrected chi connectivity index (χ2v) is 5.90. The number of anilines is 1. The standard InChI is InChI=1S/C18H28N2O5/c1-20-7-2-3-15-13-16(4-5-17(15)20)25-14-18(22)19-6-9-23-11-12-24-10-8-21/h4-5,13,21H,2-3,6-12,14H2,1H3,(H,19,22). The Morgan fingerprint density at radius 1 is 1.24 bits per heavy atom. The van der Waals surface area contributed by atoms with Crippen LogP contribution in [0, 0.1) is 0 Å². The SMILES string of the molecule is CN1CCCc2cc(OCC(=O)NCCOCCOCCO)ccc21. The van der Waals surface area contributed by atoms with Crippen molar-refractivity contribution in [2.75, 3.05) is 64.7 Å². The van der Waals surface area contributed by atoms with E-state index in [1.165, 1.54) is 11.3 Å². The van der Waals surface area contributed by atoms with Crippen molar-refractivity contribution in [3.05, 3.63) is 23.8 Å². The van der Waals surface area contributed by atoms with E-state index in [0.717, 1.165) is 25.1 Å². The van der Waals surface area contributed by atoms with E-state index in [4.69, 9.17) is 19.3 Å². The Balaban J connectivity index is 1.59. The van der Waals surface area contributed by atoms with Gasteiger partial charge in [-0.15, -0.1) is 0 Å². The minimum atomic E-state index is -0.171. The van der Waals surface area contributed by atoms with Crippen molar-refractivity contribution in [3.8, 4) is 5.75 Å². The zero-order chi connectivity index (χ0) is 17.9. The largest absolute Gasteiger partial charge is 0.484 e. The number of aliphatic hydroxyl groups excluding tert-OH is 1. The van der Waals surface area contributed by atoms with Crippen molar-refractivity contribution >= 4 is 11.6 Å². The summed E-state index contributed by atoms with van der Waals surface area (Å²) in [6, 6.07) is 5.98. The lowest BCUT2D eigenvalue weighted by molar-refractivity contribution is -0.123. The molecule has 0 atom stereocenters. The van der Waals surface area contributed by atoms with Crippen molar-refractivity contribution in [3.63, 3.8) is 0 Å². The molecule has 1 amide bonds. The number of nitrogens with zero attached hydrogens (tertiary/aromatic N) is 1. The molecule has 1 aromatic carbocycles. The van der Waals surface area contributed by atoms with Crippen LogP contribution < -0.4 is 15.0 Å². The van der Waals surface area contributed by atoms with E-state index >= 15 is 0 Å². The Morgan fingerprint density at radius 2 is 2.04 bits per heavy atom. The quantitative estimate of drug-likeness (QED) is 0.568. The number of ether oxygens (including phenoxy) is 3. The molecule has 0 bridgehead atoms. The van der Waals surface area contributed by atoms with Gasteiger partial charge in [-0.2, -0.15) is 0 Å². The van der Waals surface area contributed by atoms with Crippen LogP contribution in [0.1, 0.15) is 12.0 Å². The molecule has 0 radical (unpaired) electrons. The van der Waals surface area contributed by atoms with Gasteiger partial charge in [-0.05, 0) is 36.6 Å². The van der Waals surface area contributed by atoms with Crippen LogP contribution in [0.25, 0.3) is 0 Å². The van der Waals surface area contributed by atoms with Crippen molar-refractivity contribution in [1.82, 2.24) is 5.32 Å². The molecule has 7 heteroatoms. The molecule has 2 N–H and O–H groups in total. The number of aryl methyl sites for hydroxylation is 1. The van der Waals surface area contributed by atoms with Crippen LogP contribution >= 0.6 is 0 Å². The van der Waals surface area contributed by atoms with E-state index in [1.54, 1.807) is 0 Å². The molecule has 0 saturated carbocycles. The van der Waals surface area contributed by atoms with E-state index in [1.807, 2.05) is 12.1 Å². The third-order valence-electron chi connectivity index (χ3n) is 3.95. The van der Waals surface area contributed by atoms with Crippen LogP contribution in [0.4, 0.5) is 5.69 Å². The number of aliphatic hydroxyl groups is 1. The first kappa shape index (κ1) is 19.5. The summed E-state index contributed by atoms with van der Waals surface area (Å²) >= 11 is 0. The summed E-state index contributed by atoms with van der Waals surface area (Å²) in [5.41, 5.74) is 2.51. The number of nitrogens with one attached hydrogen (secondary N) is 1. The average molecular weight is 352 g/mol. The summed E-state index contributed by atoms with van der Waals surface area (Å²) in [4.78, 5) is 14.0. The van der Waals surface area contributed by atoms with E-state index in [9.17, 15) is 4.79 Å². The first-order chi connectivity index (χ1) is 12.2. The van der Waals surface area contributed by atoms with Gasteiger partial charge < -0.3 is 29.5 Å². The zero-order valence-corrected chi connectivity index (χ0v) is 14.8. The monoisotopic (exact) mass is 352 g/mol. The molecular weight excluding hydrogens is 324 g/mol. The van der Waals surface area contributed by atoms with Gasteiger partial charge in [0.2, 0.25) is 0 Å². The van der Waals surface area contributed by atoms with Crippen LogP contribution in [-0.4, -0.2) is 70.8 Å². The molecule has 0 spiro atoms. The maximum absolute atomic E-state index is 11.8. The maximum Gasteiger partial charge on any atom is 0.258 e. The molecule has 1 aliphatic heterocycles. The lowest BCUT2D eigenvalue weighted by Gasteiger charge is -2.27. The average Bonchev–Trinajstić information content (AvgIpc) is 2.62. The highest BCUT2D eigenvalue weighted by Crippen LogP contribution is 2.29. The third kappa shape index (κ3) is 6.89. The number of fused-ring (bicyclic) bond motifs is 1. The zero-order valence-electron chi connectivity index (χ0n) is 14.8. The Hall–Kier alpha value is -1.83. The summed E-state index contributed by atoms with van der Waals surface area (Å²) in [6.45, 7) is 3.12. The summed E-state index contributed by atoms with van der Waals surface area (Å²) in [5.74, 6) is 0.552. The van der Waals surface area contributed by atoms with Crippen molar-refractivity contribution in [2.24, 2.45) is 0 Å². The smallest absolute Gasteiger partial charge is 0.258 e. The molecule has 7 nitrogen and oxygen atoms in total. The van der Waals surface area contributed by atoms with Gasteiger partial charge in [0.1, 0.15) is 5.75 Å². The fourth-order valence-electron chi connectivity index (χ4n) is 2.70. The predicted molar refractivity (Wildman–Crippen MR) is 95.3 cm³/mol. The summed E-state index contributed by atoms with van der Waals surface area (Å²) in [6.07, 6.45) is 2.18. The van der Waals surface area contributed by atoms with Crippen molar-refractivity contribution < 1.29 is 24.1 Å². The third-order valence-corrected chi connectivity index (χ3v) is 3.95.